The molecule has 0 atom stereocenters. The van der Waals surface area contributed by atoms with E-state index in [1.807, 2.05) is 6.92 Å². The molecule has 0 aliphatic carbocycles. The first-order chi connectivity index (χ1) is 16.1. The summed E-state index contributed by atoms with van der Waals surface area (Å²) in [6.07, 6.45) is 3.29. The van der Waals surface area contributed by atoms with Gasteiger partial charge in [-0.25, -0.2) is 17.8 Å². The lowest BCUT2D eigenvalue weighted by Crippen LogP contribution is -2.51. The third kappa shape index (κ3) is 4.68. The summed E-state index contributed by atoms with van der Waals surface area (Å²) in [5.41, 5.74) is 0.523. The lowest BCUT2D eigenvalue weighted by molar-refractivity contribution is 0.0931. The number of amides is 1. The first-order valence-electron chi connectivity index (χ1n) is 10.6. The first-order valence-corrected chi connectivity index (χ1v) is 12.5. The second-order valence-electron chi connectivity index (χ2n) is 8.39. The van der Waals surface area contributed by atoms with Gasteiger partial charge >= 0.3 is 0 Å². The number of piperidine rings is 1. The van der Waals surface area contributed by atoms with Crippen molar-refractivity contribution < 1.29 is 17.6 Å². The Balaban J connectivity index is 1.57. The molecule has 1 N–H and O–H groups in total. The minimum atomic E-state index is -3.90. The van der Waals surface area contributed by atoms with Gasteiger partial charge in [-0.15, -0.1) is 5.10 Å². The van der Waals surface area contributed by atoms with Crippen molar-refractivity contribution in [2.45, 2.75) is 30.3 Å². The van der Waals surface area contributed by atoms with E-state index in [0.29, 0.717) is 10.6 Å². The molecule has 0 radical (unpaired) electrons. The van der Waals surface area contributed by atoms with Gasteiger partial charge in [0, 0.05) is 38.3 Å². The van der Waals surface area contributed by atoms with E-state index in [0.717, 1.165) is 5.56 Å². The summed E-state index contributed by atoms with van der Waals surface area (Å²) < 4.78 is 43.3. The molecule has 180 valence electrons. The number of carbonyl (C=O) groups excluding carboxylic acids is 1. The van der Waals surface area contributed by atoms with Crippen molar-refractivity contribution >= 4 is 27.5 Å². The summed E-state index contributed by atoms with van der Waals surface area (Å²) in [6.45, 7) is 2.13. The van der Waals surface area contributed by atoms with Crippen LogP contribution in [0.1, 0.15) is 34.5 Å². The van der Waals surface area contributed by atoms with Crippen LogP contribution in [0, 0.1) is 12.7 Å². The van der Waals surface area contributed by atoms with Gasteiger partial charge in [0.15, 0.2) is 0 Å². The maximum Gasteiger partial charge on any atom is 0.282 e. The Bertz CT molecular complexity index is 1320. The zero-order valence-electron chi connectivity index (χ0n) is 18.7. The Morgan fingerprint density at radius 1 is 1.24 bits per heavy atom. The summed E-state index contributed by atoms with van der Waals surface area (Å²) in [4.78, 5) is 21.0. The SMILES string of the molecule is Cc1ccc(C(=O)NCC2(c3ncccc3F)CCN(S(=O)(=O)c3ncn(C)n3)CC2)c(Cl)c1. The van der Waals surface area contributed by atoms with Crippen LogP contribution in [0.2, 0.25) is 5.02 Å². The molecule has 1 aromatic carbocycles. The number of rotatable bonds is 6. The van der Waals surface area contributed by atoms with Gasteiger partial charge in [-0.05, 0) is 49.6 Å². The number of aromatic nitrogens is 4. The smallest absolute Gasteiger partial charge is 0.282 e. The van der Waals surface area contributed by atoms with E-state index in [9.17, 15) is 17.6 Å². The van der Waals surface area contributed by atoms with Crippen molar-refractivity contribution in [2.24, 2.45) is 7.05 Å². The van der Waals surface area contributed by atoms with Crippen LogP contribution in [-0.2, 0) is 22.5 Å². The Labute approximate surface area is 202 Å². The molecule has 4 rings (SSSR count). The predicted molar refractivity (Wildman–Crippen MR) is 123 cm³/mol. The number of hydrogen-bond acceptors (Lipinski definition) is 6. The molecule has 0 unspecified atom stereocenters. The number of nitrogens with zero attached hydrogens (tertiary/aromatic N) is 5. The molecular formula is C22H24ClFN6O3S. The fourth-order valence-corrected chi connectivity index (χ4v) is 5.76. The number of halogens is 2. The summed E-state index contributed by atoms with van der Waals surface area (Å²) in [5.74, 6) is -0.902. The molecule has 1 saturated heterocycles. The zero-order valence-corrected chi connectivity index (χ0v) is 20.3. The highest BCUT2D eigenvalue weighted by Gasteiger charge is 2.43. The molecule has 1 aliphatic rings. The number of sulfonamides is 1. The maximum atomic E-state index is 14.8. The normalized spacial score (nSPS) is 16.4. The summed E-state index contributed by atoms with van der Waals surface area (Å²) in [7, 11) is -2.31. The van der Waals surface area contributed by atoms with Gasteiger partial charge in [0.05, 0.1) is 16.3 Å². The van der Waals surface area contributed by atoms with Crippen molar-refractivity contribution in [3.63, 3.8) is 0 Å². The van der Waals surface area contributed by atoms with Gasteiger partial charge in [-0.3, -0.25) is 14.5 Å². The van der Waals surface area contributed by atoms with Gasteiger partial charge in [0.2, 0.25) is 0 Å². The molecule has 1 aliphatic heterocycles. The van der Waals surface area contributed by atoms with Crippen LogP contribution in [0.15, 0.2) is 48.0 Å². The third-order valence-electron chi connectivity index (χ3n) is 6.05. The van der Waals surface area contributed by atoms with Crippen LogP contribution < -0.4 is 5.32 Å². The van der Waals surface area contributed by atoms with E-state index in [2.05, 4.69) is 20.4 Å². The fourth-order valence-electron chi connectivity index (χ4n) is 4.13. The van der Waals surface area contributed by atoms with Crippen LogP contribution in [0.25, 0.3) is 0 Å². The summed E-state index contributed by atoms with van der Waals surface area (Å²) in [6, 6.07) is 7.91. The zero-order chi connectivity index (χ0) is 24.5. The van der Waals surface area contributed by atoms with E-state index >= 15 is 0 Å². The minimum Gasteiger partial charge on any atom is -0.351 e. The molecule has 0 bridgehead atoms. The van der Waals surface area contributed by atoms with Crippen LogP contribution in [0.4, 0.5) is 4.39 Å². The van der Waals surface area contributed by atoms with Crippen molar-refractivity contribution in [3.05, 3.63) is 70.5 Å². The molecule has 1 fully saturated rings. The lowest BCUT2D eigenvalue weighted by Gasteiger charge is -2.40. The Kier molecular flexibility index (Phi) is 6.70. The van der Waals surface area contributed by atoms with Crippen LogP contribution in [0.5, 0.6) is 0 Å². The molecule has 34 heavy (non-hydrogen) atoms. The topological polar surface area (TPSA) is 110 Å². The van der Waals surface area contributed by atoms with Gasteiger partial charge in [-0.2, -0.15) is 4.31 Å². The van der Waals surface area contributed by atoms with Gasteiger partial charge < -0.3 is 5.32 Å². The van der Waals surface area contributed by atoms with E-state index in [4.69, 9.17) is 11.6 Å². The number of aryl methyl sites for hydroxylation is 2. The van der Waals surface area contributed by atoms with E-state index in [1.54, 1.807) is 25.2 Å². The fraction of sp³-hybridized carbons (Fsp3) is 0.364. The van der Waals surface area contributed by atoms with Gasteiger partial charge in [0.1, 0.15) is 12.1 Å². The number of carbonyl (C=O) groups is 1. The molecule has 12 heteroatoms. The monoisotopic (exact) mass is 506 g/mol. The molecular weight excluding hydrogens is 483 g/mol. The largest absolute Gasteiger partial charge is 0.351 e. The van der Waals surface area contributed by atoms with E-state index < -0.39 is 27.2 Å². The summed E-state index contributed by atoms with van der Waals surface area (Å²) >= 11 is 6.23. The van der Waals surface area contributed by atoms with Crippen molar-refractivity contribution in [3.8, 4) is 0 Å². The Morgan fingerprint density at radius 2 is 1.97 bits per heavy atom. The Hall–Kier alpha value is -2.89. The standard InChI is InChI=1S/C22H24ClFN6O3S/c1-15-5-6-16(17(23)12-15)20(31)26-13-22(19-18(24)4-3-9-25-19)7-10-30(11-8-22)34(32,33)21-27-14-29(2)28-21/h3-6,9,12,14H,7-8,10-11,13H2,1-2H3,(H,26,31). The van der Waals surface area contributed by atoms with E-state index in [-0.39, 0.29) is 43.3 Å². The molecule has 3 heterocycles. The number of nitrogens with one attached hydrogen (secondary N) is 1. The average Bonchev–Trinajstić information content (AvgIpc) is 3.25. The highest BCUT2D eigenvalue weighted by molar-refractivity contribution is 7.88. The molecule has 2 aromatic heterocycles. The third-order valence-corrected chi connectivity index (χ3v) is 8.05. The predicted octanol–water partition coefficient (Wildman–Crippen LogP) is 2.46. The summed E-state index contributed by atoms with van der Waals surface area (Å²) in [5, 5.41) is 6.80. The second kappa shape index (κ2) is 9.40. The first kappa shape index (κ1) is 24.2. The molecule has 0 spiro atoms. The maximum absolute atomic E-state index is 14.8. The number of pyridine rings is 1. The van der Waals surface area contributed by atoms with Gasteiger partial charge in [-0.1, -0.05) is 17.7 Å². The average molecular weight is 507 g/mol. The molecule has 3 aromatic rings. The van der Waals surface area contributed by atoms with Crippen LogP contribution >= 0.6 is 11.6 Å². The highest BCUT2D eigenvalue weighted by atomic mass is 35.5. The highest BCUT2D eigenvalue weighted by Crippen LogP contribution is 2.37. The quantitative estimate of drug-likeness (QED) is 0.550. The van der Waals surface area contributed by atoms with Crippen molar-refractivity contribution in [2.75, 3.05) is 19.6 Å². The van der Waals surface area contributed by atoms with Gasteiger partial charge in [0.25, 0.3) is 21.1 Å². The van der Waals surface area contributed by atoms with Crippen molar-refractivity contribution in [1.82, 2.24) is 29.4 Å². The Morgan fingerprint density at radius 3 is 2.59 bits per heavy atom. The number of hydrogen-bond donors (Lipinski definition) is 1. The van der Waals surface area contributed by atoms with E-state index in [1.165, 1.54) is 33.6 Å². The second-order valence-corrected chi connectivity index (χ2v) is 10.6. The van der Waals surface area contributed by atoms with Crippen molar-refractivity contribution in [1.29, 1.82) is 0 Å². The number of benzene rings is 1. The molecule has 9 nitrogen and oxygen atoms in total. The van der Waals surface area contributed by atoms with Crippen LogP contribution in [-0.4, -0.2) is 58.0 Å². The molecule has 0 saturated carbocycles. The molecule has 1 amide bonds. The lowest BCUT2D eigenvalue weighted by atomic mass is 9.75. The van der Waals surface area contributed by atoms with Crippen LogP contribution in [0.3, 0.4) is 0 Å². The minimum absolute atomic E-state index is 0.0691.